The first-order valence-corrected chi connectivity index (χ1v) is 6.33. The van der Waals surface area contributed by atoms with E-state index in [-0.39, 0.29) is 0 Å². The zero-order chi connectivity index (χ0) is 12.6. The van der Waals surface area contributed by atoms with Crippen LogP contribution in [0.15, 0.2) is 30.5 Å². The van der Waals surface area contributed by atoms with Crippen LogP contribution >= 0.6 is 0 Å². The van der Waals surface area contributed by atoms with Gasteiger partial charge in [0.15, 0.2) is 5.82 Å². The van der Waals surface area contributed by atoms with Crippen molar-refractivity contribution in [3.05, 3.63) is 30.5 Å². The van der Waals surface area contributed by atoms with Crippen LogP contribution in [0.25, 0.3) is 10.8 Å². The van der Waals surface area contributed by atoms with Crippen molar-refractivity contribution in [2.45, 2.75) is 25.4 Å². The number of benzene rings is 1. The number of hydrogen-bond acceptors (Lipinski definition) is 4. The molecule has 1 unspecified atom stereocenters. The van der Waals surface area contributed by atoms with Crippen molar-refractivity contribution in [3.8, 4) is 0 Å². The van der Waals surface area contributed by atoms with Gasteiger partial charge in [0.2, 0.25) is 0 Å². The Morgan fingerprint density at radius 3 is 3.00 bits per heavy atom. The molecule has 2 heterocycles. The zero-order valence-electron chi connectivity index (χ0n) is 10.5. The number of fused-ring (bicyclic) bond motifs is 1. The lowest BCUT2D eigenvalue weighted by molar-refractivity contribution is 0.0447. The standard InChI is InChI=1S/C14H17N3O/c1-14(18)7-4-8-17(10-14)13-12-6-3-2-5-11(12)9-15-16-13/h2-3,5-6,9,18H,4,7-8,10H2,1H3. The molecule has 0 radical (unpaired) electrons. The summed E-state index contributed by atoms with van der Waals surface area (Å²) >= 11 is 0. The Balaban J connectivity index is 2.04. The molecule has 94 valence electrons. The molecule has 18 heavy (non-hydrogen) atoms. The number of β-amino-alcohol motifs (C(OH)–C–C–N with tert-alkyl or cyclic N) is 1. The van der Waals surface area contributed by atoms with E-state index < -0.39 is 5.60 Å². The fourth-order valence-corrected chi connectivity index (χ4v) is 2.65. The summed E-state index contributed by atoms with van der Waals surface area (Å²) < 4.78 is 0. The van der Waals surface area contributed by atoms with Crippen molar-refractivity contribution in [2.24, 2.45) is 0 Å². The molecule has 1 atom stereocenters. The van der Waals surface area contributed by atoms with Gasteiger partial charge in [-0.3, -0.25) is 0 Å². The summed E-state index contributed by atoms with van der Waals surface area (Å²) in [4.78, 5) is 2.14. The topological polar surface area (TPSA) is 49.2 Å². The summed E-state index contributed by atoms with van der Waals surface area (Å²) in [5, 5.41) is 20.7. The average molecular weight is 243 g/mol. The second-order valence-corrected chi connectivity index (χ2v) is 5.28. The Labute approximate surface area is 106 Å². The smallest absolute Gasteiger partial charge is 0.159 e. The zero-order valence-corrected chi connectivity index (χ0v) is 10.5. The van der Waals surface area contributed by atoms with Gasteiger partial charge < -0.3 is 10.0 Å². The third kappa shape index (κ3) is 2.04. The second-order valence-electron chi connectivity index (χ2n) is 5.28. The summed E-state index contributed by atoms with van der Waals surface area (Å²) in [7, 11) is 0. The summed E-state index contributed by atoms with van der Waals surface area (Å²) in [5.74, 6) is 0.882. The van der Waals surface area contributed by atoms with E-state index in [1.165, 1.54) is 0 Å². The van der Waals surface area contributed by atoms with Crippen LogP contribution in [-0.4, -0.2) is 34.0 Å². The van der Waals surface area contributed by atoms with Crippen LogP contribution in [0, 0.1) is 0 Å². The van der Waals surface area contributed by atoms with Gasteiger partial charge in [-0.2, -0.15) is 5.10 Å². The van der Waals surface area contributed by atoms with Crippen molar-refractivity contribution >= 4 is 16.6 Å². The Hall–Kier alpha value is -1.68. The molecular weight excluding hydrogens is 226 g/mol. The molecule has 4 heteroatoms. The number of anilines is 1. The third-order valence-corrected chi connectivity index (χ3v) is 3.53. The highest BCUT2D eigenvalue weighted by Crippen LogP contribution is 2.28. The molecule has 1 saturated heterocycles. The first kappa shape index (κ1) is 11.4. The Kier molecular flexibility index (Phi) is 2.67. The number of aliphatic hydroxyl groups is 1. The SMILES string of the molecule is CC1(O)CCCN(c2nncc3ccccc23)C1. The fraction of sp³-hybridized carbons (Fsp3) is 0.429. The molecule has 0 spiro atoms. The molecule has 2 aromatic rings. The predicted molar refractivity (Wildman–Crippen MR) is 71.6 cm³/mol. The predicted octanol–water partition coefficient (Wildman–Crippen LogP) is 1.98. The summed E-state index contributed by atoms with van der Waals surface area (Å²) in [5.41, 5.74) is -0.628. The van der Waals surface area contributed by atoms with E-state index in [4.69, 9.17) is 0 Å². The summed E-state index contributed by atoms with van der Waals surface area (Å²) in [6.07, 6.45) is 3.61. The monoisotopic (exact) mass is 243 g/mol. The maximum absolute atomic E-state index is 10.2. The van der Waals surface area contributed by atoms with E-state index in [0.29, 0.717) is 6.54 Å². The molecule has 1 aromatic heterocycles. The van der Waals surface area contributed by atoms with Crippen LogP contribution in [0.5, 0.6) is 0 Å². The van der Waals surface area contributed by atoms with E-state index in [1.54, 1.807) is 6.20 Å². The molecule has 1 fully saturated rings. The van der Waals surface area contributed by atoms with Gasteiger partial charge in [0.25, 0.3) is 0 Å². The van der Waals surface area contributed by atoms with E-state index >= 15 is 0 Å². The Morgan fingerprint density at radius 1 is 1.33 bits per heavy atom. The van der Waals surface area contributed by atoms with Crippen LogP contribution in [0.3, 0.4) is 0 Å². The van der Waals surface area contributed by atoms with E-state index in [2.05, 4.69) is 21.2 Å². The van der Waals surface area contributed by atoms with Crippen molar-refractivity contribution in [1.82, 2.24) is 10.2 Å². The van der Waals surface area contributed by atoms with Crippen LogP contribution in [0.4, 0.5) is 5.82 Å². The lowest BCUT2D eigenvalue weighted by atomic mass is 9.95. The Morgan fingerprint density at radius 2 is 2.17 bits per heavy atom. The molecule has 1 N–H and O–H groups in total. The number of rotatable bonds is 1. The Bertz CT molecular complexity index is 562. The van der Waals surface area contributed by atoms with Crippen LogP contribution in [0.1, 0.15) is 19.8 Å². The van der Waals surface area contributed by atoms with E-state index in [0.717, 1.165) is 36.0 Å². The summed E-state index contributed by atoms with van der Waals surface area (Å²) in [6, 6.07) is 8.11. The minimum absolute atomic E-state index is 0.621. The average Bonchev–Trinajstić information content (AvgIpc) is 2.37. The first-order chi connectivity index (χ1) is 8.66. The highest BCUT2D eigenvalue weighted by Gasteiger charge is 2.29. The molecule has 4 nitrogen and oxygen atoms in total. The molecule has 0 amide bonds. The lowest BCUT2D eigenvalue weighted by Crippen LogP contribution is -2.46. The number of aromatic nitrogens is 2. The first-order valence-electron chi connectivity index (χ1n) is 6.33. The van der Waals surface area contributed by atoms with Crippen LogP contribution in [-0.2, 0) is 0 Å². The highest BCUT2D eigenvalue weighted by molar-refractivity contribution is 5.91. The number of piperidine rings is 1. The third-order valence-electron chi connectivity index (χ3n) is 3.53. The molecule has 0 bridgehead atoms. The quantitative estimate of drug-likeness (QED) is 0.832. The fourth-order valence-electron chi connectivity index (χ4n) is 2.65. The molecule has 1 aromatic carbocycles. The van der Waals surface area contributed by atoms with Gasteiger partial charge in [0.1, 0.15) is 0 Å². The largest absolute Gasteiger partial charge is 0.388 e. The summed E-state index contributed by atoms with van der Waals surface area (Å²) in [6.45, 7) is 3.44. The van der Waals surface area contributed by atoms with Gasteiger partial charge in [0, 0.05) is 23.9 Å². The van der Waals surface area contributed by atoms with Crippen LogP contribution < -0.4 is 4.90 Å². The van der Waals surface area contributed by atoms with Gasteiger partial charge in [0.05, 0.1) is 11.8 Å². The van der Waals surface area contributed by atoms with Crippen molar-refractivity contribution in [3.63, 3.8) is 0 Å². The maximum Gasteiger partial charge on any atom is 0.159 e. The van der Waals surface area contributed by atoms with Gasteiger partial charge in [-0.05, 0) is 19.8 Å². The molecular formula is C14H17N3O. The van der Waals surface area contributed by atoms with Crippen LogP contribution in [0.2, 0.25) is 0 Å². The van der Waals surface area contributed by atoms with E-state index in [9.17, 15) is 5.11 Å². The van der Waals surface area contributed by atoms with Gasteiger partial charge in [-0.15, -0.1) is 5.10 Å². The van der Waals surface area contributed by atoms with Crippen molar-refractivity contribution < 1.29 is 5.11 Å². The molecule has 1 aliphatic rings. The molecule has 0 aliphatic carbocycles. The maximum atomic E-state index is 10.2. The van der Waals surface area contributed by atoms with Gasteiger partial charge in [-0.1, -0.05) is 24.3 Å². The molecule has 1 aliphatic heterocycles. The second kappa shape index (κ2) is 4.21. The normalized spacial score (nSPS) is 24.4. The number of hydrogen-bond donors (Lipinski definition) is 1. The lowest BCUT2D eigenvalue weighted by Gasteiger charge is -2.37. The molecule has 3 rings (SSSR count). The molecule has 0 saturated carbocycles. The van der Waals surface area contributed by atoms with Gasteiger partial charge >= 0.3 is 0 Å². The minimum Gasteiger partial charge on any atom is -0.388 e. The minimum atomic E-state index is -0.628. The van der Waals surface area contributed by atoms with Crippen molar-refractivity contribution in [2.75, 3.05) is 18.0 Å². The van der Waals surface area contributed by atoms with Gasteiger partial charge in [-0.25, -0.2) is 0 Å². The number of nitrogens with zero attached hydrogens (tertiary/aromatic N) is 3. The highest BCUT2D eigenvalue weighted by atomic mass is 16.3. The van der Waals surface area contributed by atoms with Crippen molar-refractivity contribution in [1.29, 1.82) is 0 Å². The van der Waals surface area contributed by atoms with E-state index in [1.807, 2.05) is 25.1 Å².